The fraction of sp³-hybridized carbons (Fsp3) is 0.571. The van der Waals surface area contributed by atoms with Gasteiger partial charge in [-0.15, -0.1) is 0 Å². The molecule has 1 unspecified atom stereocenters. The van der Waals surface area contributed by atoms with Gasteiger partial charge in [-0.05, 0) is 46.5 Å². The van der Waals surface area contributed by atoms with E-state index in [-0.39, 0.29) is 11.8 Å². The van der Waals surface area contributed by atoms with Crippen molar-refractivity contribution >= 4 is 31.5 Å². The average molecular weight is 363 g/mol. The Kier molecular flexibility index (Phi) is 6.48. The highest BCUT2D eigenvalue weighted by Crippen LogP contribution is 2.27. The molecule has 1 atom stereocenters. The molecule has 0 aliphatic heterocycles. The van der Waals surface area contributed by atoms with Crippen molar-refractivity contribution in [3.8, 4) is 0 Å². The number of anilines is 1. The Hall–Kier alpha value is -0.590. The van der Waals surface area contributed by atoms with Gasteiger partial charge in [-0.25, -0.2) is 8.42 Å². The van der Waals surface area contributed by atoms with Gasteiger partial charge >= 0.3 is 0 Å². The minimum atomic E-state index is -2.94. The molecule has 0 aliphatic rings. The lowest BCUT2D eigenvalue weighted by Crippen LogP contribution is -2.25. The van der Waals surface area contributed by atoms with Crippen LogP contribution >= 0.6 is 15.9 Å². The van der Waals surface area contributed by atoms with Crippen molar-refractivity contribution in [3.63, 3.8) is 0 Å². The maximum absolute atomic E-state index is 11.2. The van der Waals surface area contributed by atoms with E-state index >= 15 is 0 Å². The summed E-state index contributed by atoms with van der Waals surface area (Å²) < 4.78 is 23.4. The van der Waals surface area contributed by atoms with Gasteiger partial charge in [-0.3, -0.25) is 0 Å². The quantitative estimate of drug-likeness (QED) is 0.807. The van der Waals surface area contributed by atoms with Crippen LogP contribution in [-0.2, 0) is 16.3 Å². The van der Waals surface area contributed by atoms with Gasteiger partial charge in [0, 0.05) is 30.4 Å². The number of halogens is 1. The van der Waals surface area contributed by atoms with Gasteiger partial charge in [-0.1, -0.05) is 13.0 Å². The van der Waals surface area contributed by atoms with Crippen LogP contribution in [0.4, 0.5) is 5.69 Å². The van der Waals surface area contributed by atoms with E-state index in [1.54, 1.807) is 0 Å². The third kappa shape index (κ3) is 5.81. The molecule has 1 rings (SSSR count). The summed E-state index contributed by atoms with van der Waals surface area (Å²) in [4.78, 5) is 1.94. The summed E-state index contributed by atoms with van der Waals surface area (Å²) in [7, 11) is -1.05. The SMILES string of the molecule is CCC(N)Cc1ccc(N(C)CCS(C)(=O)=O)c(Br)c1. The predicted molar refractivity (Wildman–Crippen MR) is 89.1 cm³/mol. The molecule has 6 heteroatoms. The molecule has 1 aromatic rings. The largest absolute Gasteiger partial charge is 0.373 e. The van der Waals surface area contributed by atoms with E-state index in [1.807, 2.05) is 24.1 Å². The number of hydrogen-bond acceptors (Lipinski definition) is 4. The molecule has 0 saturated heterocycles. The van der Waals surface area contributed by atoms with E-state index in [4.69, 9.17) is 5.73 Å². The molecular weight excluding hydrogens is 340 g/mol. The van der Waals surface area contributed by atoms with Gasteiger partial charge in [0.05, 0.1) is 11.4 Å². The van der Waals surface area contributed by atoms with Crippen molar-refractivity contribution in [2.75, 3.05) is 30.5 Å². The second kappa shape index (κ2) is 7.43. The summed E-state index contributed by atoms with van der Waals surface area (Å²) in [6, 6.07) is 6.29. The molecule has 0 heterocycles. The summed E-state index contributed by atoms with van der Waals surface area (Å²) in [5.41, 5.74) is 8.13. The van der Waals surface area contributed by atoms with Crippen molar-refractivity contribution in [2.45, 2.75) is 25.8 Å². The third-order valence-corrected chi connectivity index (χ3v) is 4.80. The first-order valence-electron chi connectivity index (χ1n) is 6.65. The zero-order valence-electron chi connectivity index (χ0n) is 12.3. The molecule has 0 aromatic heterocycles. The van der Waals surface area contributed by atoms with E-state index in [9.17, 15) is 8.42 Å². The normalized spacial score (nSPS) is 13.2. The van der Waals surface area contributed by atoms with Crippen LogP contribution in [-0.4, -0.2) is 40.1 Å². The average Bonchev–Trinajstić information content (AvgIpc) is 2.35. The zero-order chi connectivity index (χ0) is 15.3. The lowest BCUT2D eigenvalue weighted by Gasteiger charge is -2.21. The summed E-state index contributed by atoms with van der Waals surface area (Å²) >= 11 is 3.55. The lowest BCUT2D eigenvalue weighted by atomic mass is 10.0. The number of nitrogens with two attached hydrogens (primary N) is 1. The molecule has 0 fully saturated rings. The molecule has 0 amide bonds. The molecule has 0 saturated carbocycles. The minimum Gasteiger partial charge on any atom is -0.373 e. The van der Waals surface area contributed by atoms with E-state index < -0.39 is 9.84 Å². The maximum atomic E-state index is 11.2. The molecule has 0 aliphatic carbocycles. The van der Waals surface area contributed by atoms with Crippen molar-refractivity contribution in [1.82, 2.24) is 0 Å². The Balaban J connectivity index is 2.77. The van der Waals surface area contributed by atoms with Crippen LogP contribution in [0.5, 0.6) is 0 Å². The Bertz CT molecular complexity index is 546. The molecule has 0 bridgehead atoms. The van der Waals surface area contributed by atoms with Crippen LogP contribution in [0.2, 0.25) is 0 Å². The Morgan fingerprint density at radius 3 is 2.55 bits per heavy atom. The van der Waals surface area contributed by atoms with Crippen LogP contribution < -0.4 is 10.6 Å². The molecule has 114 valence electrons. The summed E-state index contributed by atoms with van der Waals surface area (Å²) in [6.07, 6.45) is 3.06. The first kappa shape index (κ1) is 17.5. The van der Waals surface area contributed by atoms with Gasteiger partial charge in [0.15, 0.2) is 0 Å². The van der Waals surface area contributed by atoms with Crippen molar-refractivity contribution in [3.05, 3.63) is 28.2 Å². The Morgan fingerprint density at radius 1 is 1.40 bits per heavy atom. The zero-order valence-corrected chi connectivity index (χ0v) is 14.7. The van der Waals surface area contributed by atoms with Crippen LogP contribution in [0.15, 0.2) is 22.7 Å². The Labute approximate surface area is 130 Å². The van der Waals surface area contributed by atoms with Gasteiger partial charge in [0.2, 0.25) is 0 Å². The van der Waals surface area contributed by atoms with Crippen molar-refractivity contribution in [2.24, 2.45) is 5.73 Å². The topological polar surface area (TPSA) is 63.4 Å². The van der Waals surface area contributed by atoms with Gasteiger partial charge in [-0.2, -0.15) is 0 Å². The highest BCUT2D eigenvalue weighted by Gasteiger charge is 2.10. The van der Waals surface area contributed by atoms with Crippen LogP contribution in [0, 0.1) is 0 Å². The van der Waals surface area contributed by atoms with Crippen LogP contribution in [0.25, 0.3) is 0 Å². The molecular formula is C14H23BrN2O2S. The first-order valence-corrected chi connectivity index (χ1v) is 9.51. The van der Waals surface area contributed by atoms with Crippen molar-refractivity contribution in [1.29, 1.82) is 0 Å². The first-order chi connectivity index (χ1) is 9.23. The third-order valence-electron chi connectivity index (χ3n) is 3.24. The number of nitrogens with zero attached hydrogens (tertiary/aromatic N) is 1. The second-order valence-electron chi connectivity index (χ2n) is 5.21. The van der Waals surface area contributed by atoms with E-state index in [2.05, 4.69) is 28.9 Å². The van der Waals surface area contributed by atoms with Crippen molar-refractivity contribution < 1.29 is 8.42 Å². The molecule has 1 aromatic carbocycles. The fourth-order valence-corrected chi connectivity index (χ4v) is 3.19. The Morgan fingerprint density at radius 2 is 2.05 bits per heavy atom. The number of benzene rings is 1. The van der Waals surface area contributed by atoms with Crippen LogP contribution in [0.3, 0.4) is 0 Å². The highest BCUT2D eigenvalue weighted by molar-refractivity contribution is 9.10. The number of sulfone groups is 1. The molecule has 0 spiro atoms. The van der Waals surface area contributed by atoms with E-state index in [0.717, 1.165) is 23.0 Å². The number of hydrogen-bond donors (Lipinski definition) is 1. The second-order valence-corrected chi connectivity index (χ2v) is 8.32. The monoisotopic (exact) mass is 362 g/mol. The molecule has 0 radical (unpaired) electrons. The molecule has 20 heavy (non-hydrogen) atoms. The predicted octanol–water partition coefficient (Wildman–Crippen LogP) is 2.21. The molecule has 4 nitrogen and oxygen atoms in total. The van der Waals surface area contributed by atoms with E-state index in [0.29, 0.717) is 6.54 Å². The smallest absolute Gasteiger partial charge is 0.149 e. The summed E-state index contributed by atoms with van der Waals surface area (Å²) in [5.74, 6) is 0.151. The van der Waals surface area contributed by atoms with Crippen LogP contribution in [0.1, 0.15) is 18.9 Å². The minimum absolute atomic E-state index is 0.151. The molecule has 2 N–H and O–H groups in total. The summed E-state index contributed by atoms with van der Waals surface area (Å²) in [5, 5.41) is 0. The fourth-order valence-electron chi connectivity index (χ4n) is 1.86. The standard InChI is InChI=1S/C14H23BrN2O2S/c1-4-12(16)9-11-5-6-14(13(15)10-11)17(2)7-8-20(3,18)19/h5-6,10,12H,4,7-9,16H2,1-3H3. The lowest BCUT2D eigenvalue weighted by molar-refractivity contribution is 0.601. The van der Waals surface area contributed by atoms with Gasteiger partial charge < -0.3 is 10.6 Å². The number of rotatable bonds is 7. The van der Waals surface area contributed by atoms with E-state index in [1.165, 1.54) is 11.8 Å². The highest BCUT2D eigenvalue weighted by atomic mass is 79.9. The van der Waals surface area contributed by atoms with Gasteiger partial charge in [0.25, 0.3) is 0 Å². The summed E-state index contributed by atoms with van der Waals surface area (Å²) in [6.45, 7) is 2.55. The maximum Gasteiger partial charge on any atom is 0.149 e. The van der Waals surface area contributed by atoms with Gasteiger partial charge in [0.1, 0.15) is 9.84 Å².